The van der Waals surface area contributed by atoms with Crippen LogP contribution in [0.1, 0.15) is 19.3 Å². The standard InChI is InChI=1S/C9H10ClNO/c10-7-4-5-11-9(6-7)12-8-2-1-3-8/h4-6,8H,1-3H2. The van der Waals surface area contributed by atoms with Crippen LogP contribution in [-0.2, 0) is 0 Å². The highest BCUT2D eigenvalue weighted by Gasteiger charge is 2.19. The van der Waals surface area contributed by atoms with Crippen LogP contribution in [0.5, 0.6) is 5.88 Å². The molecular formula is C9H10ClNO. The van der Waals surface area contributed by atoms with Crippen molar-refractivity contribution in [3.63, 3.8) is 0 Å². The molecule has 0 radical (unpaired) electrons. The second-order valence-electron chi connectivity index (χ2n) is 2.98. The Bertz CT molecular complexity index is 273. The normalized spacial score (nSPS) is 17.1. The summed E-state index contributed by atoms with van der Waals surface area (Å²) in [6.07, 6.45) is 5.60. The number of aromatic nitrogens is 1. The van der Waals surface area contributed by atoms with E-state index in [0.717, 1.165) is 12.8 Å². The van der Waals surface area contributed by atoms with Crippen LogP contribution in [0.3, 0.4) is 0 Å². The summed E-state index contributed by atoms with van der Waals surface area (Å²) in [6.45, 7) is 0. The predicted octanol–water partition coefficient (Wildman–Crippen LogP) is 2.67. The Labute approximate surface area is 76.5 Å². The molecule has 1 heterocycles. The van der Waals surface area contributed by atoms with Gasteiger partial charge in [0.1, 0.15) is 6.10 Å². The molecule has 0 aromatic carbocycles. The van der Waals surface area contributed by atoms with Gasteiger partial charge in [0.25, 0.3) is 0 Å². The molecule has 12 heavy (non-hydrogen) atoms. The van der Waals surface area contributed by atoms with Crippen molar-refractivity contribution in [2.45, 2.75) is 25.4 Å². The van der Waals surface area contributed by atoms with Crippen LogP contribution >= 0.6 is 11.6 Å². The van der Waals surface area contributed by atoms with Gasteiger partial charge in [0.05, 0.1) is 0 Å². The number of nitrogens with zero attached hydrogens (tertiary/aromatic N) is 1. The molecule has 0 amide bonds. The molecule has 2 nitrogen and oxygen atoms in total. The summed E-state index contributed by atoms with van der Waals surface area (Å²) in [5, 5.41) is 0.680. The first kappa shape index (κ1) is 7.87. The third-order valence-corrected chi connectivity index (χ3v) is 2.27. The fraction of sp³-hybridized carbons (Fsp3) is 0.444. The monoisotopic (exact) mass is 183 g/mol. The Morgan fingerprint density at radius 3 is 2.92 bits per heavy atom. The third kappa shape index (κ3) is 1.69. The highest BCUT2D eigenvalue weighted by Crippen LogP contribution is 2.24. The molecule has 1 aliphatic carbocycles. The van der Waals surface area contributed by atoms with Gasteiger partial charge < -0.3 is 4.74 Å². The molecule has 0 N–H and O–H groups in total. The lowest BCUT2D eigenvalue weighted by molar-refractivity contribution is 0.114. The van der Waals surface area contributed by atoms with Crippen LogP contribution in [0.4, 0.5) is 0 Å². The molecule has 1 aliphatic rings. The molecule has 2 rings (SSSR count). The summed E-state index contributed by atoms with van der Waals surface area (Å²) in [5.41, 5.74) is 0. The molecule has 0 unspecified atom stereocenters. The molecule has 1 aromatic rings. The minimum atomic E-state index is 0.371. The van der Waals surface area contributed by atoms with Gasteiger partial charge in [0.2, 0.25) is 5.88 Å². The number of halogens is 1. The van der Waals surface area contributed by atoms with E-state index >= 15 is 0 Å². The van der Waals surface area contributed by atoms with Crippen LogP contribution in [0.15, 0.2) is 18.3 Å². The lowest BCUT2D eigenvalue weighted by Crippen LogP contribution is -2.24. The fourth-order valence-electron chi connectivity index (χ4n) is 1.11. The molecule has 0 spiro atoms. The fourth-order valence-corrected chi connectivity index (χ4v) is 1.26. The summed E-state index contributed by atoms with van der Waals surface area (Å²) in [7, 11) is 0. The predicted molar refractivity (Wildman–Crippen MR) is 47.5 cm³/mol. The van der Waals surface area contributed by atoms with Crippen molar-refractivity contribution in [1.82, 2.24) is 4.98 Å². The van der Waals surface area contributed by atoms with Crippen molar-refractivity contribution in [2.24, 2.45) is 0 Å². The maximum atomic E-state index is 5.77. The van der Waals surface area contributed by atoms with Crippen LogP contribution in [0.2, 0.25) is 5.02 Å². The topological polar surface area (TPSA) is 22.1 Å². The largest absolute Gasteiger partial charge is 0.474 e. The molecule has 0 atom stereocenters. The van der Waals surface area contributed by atoms with E-state index in [2.05, 4.69) is 4.98 Å². The van der Waals surface area contributed by atoms with Crippen molar-refractivity contribution < 1.29 is 4.74 Å². The average Bonchev–Trinajstić information content (AvgIpc) is 1.97. The lowest BCUT2D eigenvalue weighted by Gasteiger charge is -2.25. The van der Waals surface area contributed by atoms with Crippen molar-refractivity contribution in [3.05, 3.63) is 23.4 Å². The first-order chi connectivity index (χ1) is 5.84. The zero-order valence-corrected chi connectivity index (χ0v) is 7.42. The number of hydrogen-bond acceptors (Lipinski definition) is 2. The minimum Gasteiger partial charge on any atom is -0.474 e. The Morgan fingerprint density at radius 1 is 1.50 bits per heavy atom. The highest BCUT2D eigenvalue weighted by molar-refractivity contribution is 6.30. The molecule has 1 saturated carbocycles. The minimum absolute atomic E-state index is 0.371. The first-order valence-electron chi connectivity index (χ1n) is 4.13. The summed E-state index contributed by atoms with van der Waals surface area (Å²) in [4.78, 5) is 4.05. The van der Waals surface area contributed by atoms with Gasteiger partial charge in [0.15, 0.2) is 0 Å². The van der Waals surface area contributed by atoms with Gasteiger partial charge in [-0.15, -0.1) is 0 Å². The Kier molecular flexibility index (Phi) is 2.17. The summed E-state index contributed by atoms with van der Waals surface area (Å²) >= 11 is 5.77. The molecule has 0 aliphatic heterocycles. The van der Waals surface area contributed by atoms with Crippen molar-refractivity contribution in [2.75, 3.05) is 0 Å². The molecule has 64 valence electrons. The third-order valence-electron chi connectivity index (χ3n) is 2.04. The van der Waals surface area contributed by atoms with E-state index in [4.69, 9.17) is 16.3 Å². The van der Waals surface area contributed by atoms with E-state index in [1.54, 1.807) is 18.3 Å². The number of pyridine rings is 1. The molecule has 1 fully saturated rings. The van der Waals surface area contributed by atoms with Gasteiger partial charge in [0, 0.05) is 17.3 Å². The molecule has 3 heteroatoms. The zero-order valence-electron chi connectivity index (χ0n) is 6.66. The van der Waals surface area contributed by atoms with E-state index in [1.807, 2.05) is 0 Å². The second-order valence-corrected chi connectivity index (χ2v) is 3.42. The van der Waals surface area contributed by atoms with Gasteiger partial charge >= 0.3 is 0 Å². The van der Waals surface area contributed by atoms with Crippen LogP contribution in [0.25, 0.3) is 0 Å². The zero-order chi connectivity index (χ0) is 8.39. The summed E-state index contributed by atoms with van der Waals surface area (Å²) in [5.74, 6) is 0.646. The van der Waals surface area contributed by atoms with Gasteiger partial charge in [-0.25, -0.2) is 4.98 Å². The number of hydrogen-bond donors (Lipinski definition) is 0. The Morgan fingerprint density at radius 2 is 2.33 bits per heavy atom. The van der Waals surface area contributed by atoms with Crippen LogP contribution < -0.4 is 4.74 Å². The van der Waals surface area contributed by atoms with Gasteiger partial charge in [-0.3, -0.25) is 0 Å². The van der Waals surface area contributed by atoms with E-state index in [-0.39, 0.29) is 0 Å². The van der Waals surface area contributed by atoms with Crippen LogP contribution in [0, 0.1) is 0 Å². The van der Waals surface area contributed by atoms with Crippen molar-refractivity contribution >= 4 is 11.6 Å². The van der Waals surface area contributed by atoms with E-state index < -0.39 is 0 Å². The van der Waals surface area contributed by atoms with Crippen molar-refractivity contribution in [1.29, 1.82) is 0 Å². The Hall–Kier alpha value is -0.760. The van der Waals surface area contributed by atoms with E-state index in [0.29, 0.717) is 17.0 Å². The SMILES string of the molecule is Clc1ccnc(OC2CCC2)c1. The maximum Gasteiger partial charge on any atom is 0.214 e. The highest BCUT2D eigenvalue weighted by atomic mass is 35.5. The Balaban J connectivity index is 2.02. The summed E-state index contributed by atoms with van der Waals surface area (Å²) < 4.78 is 5.54. The number of rotatable bonds is 2. The maximum absolute atomic E-state index is 5.77. The van der Waals surface area contributed by atoms with Gasteiger partial charge in [-0.1, -0.05) is 11.6 Å². The molecule has 0 bridgehead atoms. The van der Waals surface area contributed by atoms with E-state index in [9.17, 15) is 0 Å². The number of ether oxygens (including phenoxy) is 1. The molecule has 0 saturated heterocycles. The molecular weight excluding hydrogens is 174 g/mol. The van der Waals surface area contributed by atoms with E-state index in [1.165, 1.54) is 6.42 Å². The molecule has 1 aromatic heterocycles. The lowest BCUT2D eigenvalue weighted by atomic mass is 9.96. The smallest absolute Gasteiger partial charge is 0.214 e. The second kappa shape index (κ2) is 3.31. The average molecular weight is 184 g/mol. The first-order valence-corrected chi connectivity index (χ1v) is 4.50. The quantitative estimate of drug-likeness (QED) is 0.704. The van der Waals surface area contributed by atoms with Gasteiger partial charge in [-0.05, 0) is 25.3 Å². The van der Waals surface area contributed by atoms with Crippen molar-refractivity contribution in [3.8, 4) is 5.88 Å². The summed E-state index contributed by atoms with van der Waals surface area (Å²) in [6, 6.07) is 3.50. The van der Waals surface area contributed by atoms with Gasteiger partial charge in [-0.2, -0.15) is 0 Å². The van der Waals surface area contributed by atoms with Crippen LogP contribution in [-0.4, -0.2) is 11.1 Å².